The summed E-state index contributed by atoms with van der Waals surface area (Å²) in [6.45, 7) is 4.13. The van der Waals surface area contributed by atoms with Crippen molar-refractivity contribution in [3.63, 3.8) is 0 Å². The molecular weight excluding hydrogens is 294 g/mol. The van der Waals surface area contributed by atoms with Crippen LogP contribution in [0.3, 0.4) is 0 Å². The van der Waals surface area contributed by atoms with Crippen LogP contribution in [0.15, 0.2) is 24.3 Å². The highest BCUT2D eigenvalue weighted by Crippen LogP contribution is 2.29. The Morgan fingerprint density at radius 1 is 1.17 bits per heavy atom. The minimum absolute atomic E-state index is 0.172. The Morgan fingerprint density at radius 3 is 2.52 bits per heavy atom. The number of carbonyl (C=O) groups is 2. The maximum Gasteiger partial charge on any atom is 0.338 e. The molecular formula is C18H25NO4. The van der Waals surface area contributed by atoms with Crippen LogP contribution < -0.4 is 10.1 Å². The quantitative estimate of drug-likeness (QED) is 0.848. The van der Waals surface area contributed by atoms with Crippen LogP contribution in [0.4, 0.5) is 0 Å². The number of nitrogens with one attached hydrogen (secondary N) is 1. The minimum atomic E-state index is -0.507. The summed E-state index contributed by atoms with van der Waals surface area (Å²) in [5.41, 5.74) is 0.401. The number of ether oxygens (including phenoxy) is 2. The topological polar surface area (TPSA) is 64.6 Å². The fourth-order valence-corrected chi connectivity index (χ4v) is 2.98. The Morgan fingerprint density at radius 2 is 1.87 bits per heavy atom. The first-order valence-electron chi connectivity index (χ1n) is 8.11. The maximum absolute atomic E-state index is 12.0. The summed E-state index contributed by atoms with van der Waals surface area (Å²) in [4.78, 5) is 23.9. The van der Waals surface area contributed by atoms with Crippen LogP contribution in [0.25, 0.3) is 0 Å². The molecule has 23 heavy (non-hydrogen) atoms. The number of amides is 1. The van der Waals surface area contributed by atoms with Crippen molar-refractivity contribution in [2.75, 3.05) is 13.7 Å². The third-order valence-electron chi connectivity index (χ3n) is 4.71. The van der Waals surface area contributed by atoms with E-state index >= 15 is 0 Å². The molecule has 0 radical (unpaired) electrons. The van der Waals surface area contributed by atoms with Crippen LogP contribution in [-0.2, 0) is 9.53 Å². The Balaban J connectivity index is 1.80. The van der Waals surface area contributed by atoms with Crippen LogP contribution >= 0.6 is 0 Å². The predicted molar refractivity (Wildman–Crippen MR) is 87.4 cm³/mol. The molecule has 1 fully saturated rings. The Labute approximate surface area is 137 Å². The molecule has 0 unspecified atom stereocenters. The molecule has 2 rings (SSSR count). The molecule has 0 heterocycles. The van der Waals surface area contributed by atoms with Crippen LogP contribution in [0.5, 0.6) is 5.75 Å². The molecule has 0 bridgehead atoms. The van der Waals surface area contributed by atoms with Gasteiger partial charge in [-0.15, -0.1) is 0 Å². The Kier molecular flexibility index (Phi) is 6.02. The number of benzene rings is 1. The molecule has 1 aromatic rings. The molecule has 1 aliphatic carbocycles. The van der Waals surface area contributed by atoms with Gasteiger partial charge in [0.2, 0.25) is 0 Å². The van der Waals surface area contributed by atoms with E-state index in [0.717, 1.165) is 12.8 Å². The van der Waals surface area contributed by atoms with E-state index in [2.05, 4.69) is 19.2 Å². The zero-order valence-corrected chi connectivity index (χ0v) is 14.0. The number of hydrogen-bond donors (Lipinski definition) is 1. The number of methoxy groups -OCH3 is 1. The molecule has 1 N–H and O–H groups in total. The number of hydrogen-bond acceptors (Lipinski definition) is 4. The van der Waals surface area contributed by atoms with Crippen molar-refractivity contribution in [3.05, 3.63) is 29.8 Å². The van der Waals surface area contributed by atoms with Crippen LogP contribution in [0.1, 0.15) is 43.5 Å². The molecule has 126 valence electrons. The molecule has 1 amide bonds. The second-order valence-corrected chi connectivity index (χ2v) is 6.25. The highest BCUT2D eigenvalue weighted by atomic mass is 16.5. The Bertz CT molecular complexity index is 540. The molecule has 0 saturated heterocycles. The van der Waals surface area contributed by atoms with Gasteiger partial charge in [0.25, 0.3) is 5.91 Å². The number of rotatable bonds is 5. The fraction of sp³-hybridized carbons (Fsp3) is 0.556. The van der Waals surface area contributed by atoms with Gasteiger partial charge in [0, 0.05) is 6.04 Å². The molecule has 0 aliphatic heterocycles. The smallest absolute Gasteiger partial charge is 0.338 e. The summed E-state index contributed by atoms with van der Waals surface area (Å²) in [5, 5.41) is 2.99. The third kappa shape index (κ3) is 4.71. The minimum Gasteiger partial charge on any atom is -0.497 e. The highest BCUT2D eigenvalue weighted by Gasteiger charge is 2.28. The van der Waals surface area contributed by atoms with Gasteiger partial charge >= 0.3 is 5.97 Å². The SMILES string of the molecule is COc1ccc(C(=O)OCC(=O)N[C@H]2CCC[C@@H](C)[C@@H]2C)cc1. The van der Waals surface area contributed by atoms with E-state index in [1.807, 2.05) is 0 Å². The van der Waals surface area contributed by atoms with E-state index in [0.29, 0.717) is 23.1 Å². The van der Waals surface area contributed by atoms with E-state index in [1.165, 1.54) is 6.42 Å². The molecule has 5 nitrogen and oxygen atoms in total. The van der Waals surface area contributed by atoms with Crippen molar-refractivity contribution >= 4 is 11.9 Å². The van der Waals surface area contributed by atoms with Crippen molar-refractivity contribution in [2.24, 2.45) is 11.8 Å². The van der Waals surface area contributed by atoms with Gasteiger partial charge in [0.1, 0.15) is 5.75 Å². The number of esters is 1. The average Bonchev–Trinajstić information content (AvgIpc) is 2.57. The normalized spacial score (nSPS) is 23.9. The Hall–Kier alpha value is -2.04. The molecule has 1 aliphatic rings. The van der Waals surface area contributed by atoms with Gasteiger partial charge in [-0.25, -0.2) is 4.79 Å². The van der Waals surface area contributed by atoms with Gasteiger partial charge in [0.15, 0.2) is 6.61 Å². The first-order chi connectivity index (χ1) is 11.0. The summed E-state index contributed by atoms with van der Waals surface area (Å²) in [5.74, 6) is 0.978. The van der Waals surface area contributed by atoms with E-state index in [9.17, 15) is 9.59 Å². The first-order valence-corrected chi connectivity index (χ1v) is 8.11. The zero-order valence-electron chi connectivity index (χ0n) is 14.0. The predicted octanol–water partition coefficient (Wildman–Crippen LogP) is 2.79. The largest absolute Gasteiger partial charge is 0.497 e. The lowest BCUT2D eigenvalue weighted by molar-refractivity contribution is -0.125. The second-order valence-electron chi connectivity index (χ2n) is 6.25. The molecule has 1 aromatic carbocycles. The molecule has 5 heteroatoms. The molecule has 3 atom stereocenters. The molecule has 0 aromatic heterocycles. The monoisotopic (exact) mass is 319 g/mol. The molecule has 1 saturated carbocycles. The third-order valence-corrected chi connectivity index (χ3v) is 4.71. The van der Waals surface area contributed by atoms with Crippen LogP contribution in [0.2, 0.25) is 0 Å². The summed E-state index contributed by atoms with van der Waals surface area (Å²) in [7, 11) is 1.56. The van der Waals surface area contributed by atoms with Crippen molar-refractivity contribution in [1.29, 1.82) is 0 Å². The average molecular weight is 319 g/mol. The van der Waals surface area contributed by atoms with Crippen LogP contribution in [0, 0.1) is 11.8 Å². The summed E-state index contributed by atoms with van der Waals surface area (Å²) in [6.07, 6.45) is 3.33. The second kappa shape index (κ2) is 7.99. The lowest BCUT2D eigenvalue weighted by atomic mass is 9.78. The highest BCUT2D eigenvalue weighted by molar-refractivity contribution is 5.91. The van der Waals surface area contributed by atoms with Gasteiger partial charge in [0.05, 0.1) is 12.7 Å². The van der Waals surface area contributed by atoms with Crippen molar-refractivity contribution < 1.29 is 19.1 Å². The van der Waals surface area contributed by atoms with Crippen molar-refractivity contribution in [3.8, 4) is 5.75 Å². The van der Waals surface area contributed by atoms with Gasteiger partial charge in [-0.3, -0.25) is 4.79 Å². The van der Waals surface area contributed by atoms with E-state index in [-0.39, 0.29) is 18.6 Å². The summed E-state index contributed by atoms with van der Waals surface area (Å²) >= 11 is 0. The summed E-state index contributed by atoms with van der Waals surface area (Å²) < 4.78 is 10.1. The fourth-order valence-electron chi connectivity index (χ4n) is 2.98. The van der Waals surface area contributed by atoms with Gasteiger partial charge in [-0.1, -0.05) is 26.7 Å². The maximum atomic E-state index is 12.0. The zero-order chi connectivity index (χ0) is 16.8. The lowest BCUT2D eigenvalue weighted by Crippen LogP contribution is -2.45. The van der Waals surface area contributed by atoms with E-state index in [1.54, 1.807) is 31.4 Å². The van der Waals surface area contributed by atoms with Crippen LogP contribution in [-0.4, -0.2) is 31.6 Å². The van der Waals surface area contributed by atoms with Gasteiger partial charge in [-0.2, -0.15) is 0 Å². The number of carbonyl (C=O) groups excluding carboxylic acids is 2. The summed E-state index contributed by atoms with van der Waals surface area (Å²) in [6, 6.07) is 6.77. The first kappa shape index (κ1) is 17.3. The lowest BCUT2D eigenvalue weighted by Gasteiger charge is -2.34. The van der Waals surface area contributed by atoms with E-state index in [4.69, 9.17) is 9.47 Å². The van der Waals surface area contributed by atoms with E-state index < -0.39 is 5.97 Å². The van der Waals surface area contributed by atoms with Gasteiger partial charge in [-0.05, 0) is 42.5 Å². The van der Waals surface area contributed by atoms with Crippen molar-refractivity contribution in [1.82, 2.24) is 5.32 Å². The standard InChI is InChI=1S/C18H25NO4/c1-12-5-4-6-16(13(12)2)19-17(20)11-23-18(21)14-7-9-15(22-3)10-8-14/h7-10,12-13,16H,4-6,11H2,1-3H3,(H,19,20)/t12-,13+,16+/m1/s1. The van der Waals surface area contributed by atoms with Crippen molar-refractivity contribution in [2.45, 2.75) is 39.2 Å². The van der Waals surface area contributed by atoms with Gasteiger partial charge < -0.3 is 14.8 Å². The molecule has 0 spiro atoms.